The van der Waals surface area contributed by atoms with Gasteiger partial charge in [0.2, 0.25) is 0 Å². The monoisotopic (exact) mass is 306 g/mol. The lowest BCUT2D eigenvalue weighted by Crippen LogP contribution is -2.25. The maximum atomic E-state index is 12.3. The first kappa shape index (κ1) is 15.7. The zero-order chi connectivity index (χ0) is 15.1. The number of benzene rings is 1. The second-order valence-corrected chi connectivity index (χ2v) is 5.12. The number of hydrogen-bond donors (Lipinski definition) is 1. The van der Waals surface area contributed by atoms with Crippen LogP contribution in [0.5, 0.6) is 0 Å². The summed E-state index contributed by atoms with van der Waals surface area (Å²) in [7, 11) is 0. The molecule has 1 heterocycles. The Labute approximate surface area is 129 Å². The highest BCUT2D eigenvalue weighted by atomic mass is 35.5. The van der Waals surface area contributed by atoms with Crippen molar-refractivity contribution in [3.63, 3.8) is 0 Å². The zero-order valence-electron chi connectivity index (χ0n) is 12.1. The Bertz CT molecular complexity index is 616. The number of carbonyl (C=O) groups is 1. The molecule has 0 unspecified atom stereocenters. The molecule has 112 valence electrons. The first-order valence-electron chi connectivity index (χ1n) is 7.00. The van der Waals surface area contributed by atoms with Gasteiger partial charge in [-0.3, -0.25) is 9.78 Å². The fourth-order valence-corrected chi connectivity index (χ4v) is 2.23. The number of nitrogens with one attached hydrogen (secondary N) is 1. The van der Waals surface area contributed by atoms with Crippen molar-refractivity contribution in [1.29, 1.82) is 0 Å². The summed E-state index contributed by atoms with van der Waals surface area (Å²) in [6.07, 6.45) is 0.768. The Balaban J connectivity index is 1.99. The molecule has 0 aliphatic heterocycles. The van der Waals surface area contributed by atoms with Crippen LogP contribution in [0, 0.1) is 6.92 Å². The van der Waals surface area contributed by atoms with E-state index in [2.05, 4.69) is 10.3 Å². The van der Waals surface area contributed by atoms with Crippen molar-refractivity contribution in [1.82, 2.24) is 10.3 Å². The summed E-state index contributed by atoms with van der Waals surface area (Å²) in [4.78, 5) is 16.7. The average Bonchev–Trinajstić information content (AvgIpc) is 2.49. The first-order chi connectivity index (χ1) is 10.2. The Morgan fingerprint density at radius 1 is 1.33 bits per heavy atom. The highest BCUT2D eigenvalue weighted by Gasteiger charge is 2.11. The predicted molar refractivity (Wildman–Crippen MR) is 85.0 cm³/mol. The number of para-hydroxylation sites is 1. The molecule has 0 bridgehead atoms. The predicted octanol–water partition coefficient (Wildman–Crippen LogP) is 2.92. The van der Waals surface area contributed by atoms with Gasteiger partial charge in [-0.1, -0.05) is 18.2 Å². The summed E-state index contributed by atoms with van der Waals surface area (Å²) < 4.78 is 5.27. The van der Waals surface area contributed by atoms with Gasteiger partial charge in [0.05, 0.1) is 17.7 Å². The van der Waals surface area contributed by atoms with Crippen LogP contribution in [-0.4, -0.2) is 36.5 Å². The highest BCUT2D eigenvalue weighted by molar-refractivity contribution is 6.17. The molecule has 1 amide bonds. The summed E-state index contributed by atoms with van der Waals surface area (Å²) in [5, 5.41) is 3.79. The zero-order valence-corrected chi connectivity index (χ0v) is 12.8. The number of alkyl halides is 1. The van der Waals surface area contributed by atoms with Gasteiger partial charge in [-0.05, 0) is 25.5 Å². The van der Waals surface area contributed by atoms with Crippen LogP contribution in [0.2, 0.25) is 0 Å². The molecule has 0 fully saturated rings. The molecule has 0 spiro atoms. The van der Waals surface area contributed by atoms with E-state index in [9.17, 15) is 4.79 Å². The van der Waals surface area contributed by atoms with Crippen molar-refractivity contribution in [2.24, 2.45) is 0 Å². The van der Waals surface area contributed by atoms with Gasteiger partial charge in [0.25, 0.3) is 5.91 Å². The Kier molecular flexibility index (Phi) is 5.96. The number of carbonyl (C=O) groups excluding carboxylic acids is 1. The van der Waals surface area contributed by atoms with Crippen molar-refractivity contribution < 1.29 is 9.53 Å². The molecule has 1 aromatic carbocycles. The number of fused-ring (bicyclic) bond motifs is 1. The molecule has 0 saturated heterocycles. The van der Waals surface area contributed by atoms with E-state index in [-0.39, 0.29) is 5.91 Å². The highest BCUT2D eigenvalue weighted by Crippen LogP contribution is 2.17. The van der Waals surface area contributed by atoms with Crippen LogP contribution in [0.4, 0.5) is 0 Å². The lowest BCUT2D eigenvalue weighted by Gasteiger charge is -2.09. The van der Waals surface area contributed by atoms with E-state index < -0.39 is 0 Å². The molecule has 1 N–H and O–H groups in total. The fourth-order valence-electron chi connectivity index (χ4n) is 2.12. The Hall–Kier alpha value is -1.65. The number of aromatic nitrogens is 1. The van der Waals surface area contributed by atoms with Crippen LogP contribution < -0.4 is 5.32 Å². The lowest BCUT2D eigenvalue weighted by atomic mass is 10.1. The second-order valence-electron chi connectivity index (χ2n) is 4.74. The van der Waals surface area contributed by atoms with E-state index in [4.69, 9.17) is 16.3 Å². The van der Waals surface area contributed by atoms with Crippen LogP contribution >= 0.6 is 11.6 Å². The number of ether oxygens (including phenoxy) is 1. The van der Waals surface area contributed by atoms with Gasteiger partial charge in [-0.2, -0.15) is 0 Å². The minimum atomic E-state index is -0.0750. The van der Waals surface area contributed by atoms with Gasteiger partial charge in [0, 0.05) is 30.1 Å². The molecular formula is C16H19ClN2O2. The Morgan fingerprint density at radius 2 is 2.14 bits per heavy atom. The third kappa shape index (κ3) is 4.41. The summed E-state index contributed by atoms with van der Waals surface area (Å²) in [6.45, 7) is 3.62. The van der Waals surface area contributed by atoms with Crippen LogP contribution in [-0.2, 0) is 4.74 Å². The average molecular weight is 307 g/mol. The number of hydrogen-bond acceptors (Lipinski definition) is 3. The minimum absolute atomic E-state index is 0.0750. The molecule has 1 aromatic heterocycles. The van der Waals surface area contributed by atoms with Crippen molar-refractivity contribution in [2.45, 2.75) is 13.3 Å². The summed E-state index contributed by atoms with van der Waals surface area (Å²) in [5.74, 6) is 0.420. The number of halogens is 1. The number of pyridine rings is 1. The minimum Gasteiger partial charge on any atom is -0.380 e. The molecule has 2 rings (SSSR count). The van der Waals surface area contributed by atoms with E-state index in [0.29, 0.717) is 31.2 Å². The number of amides is 1. The van der Waals surface area contributed by atoms with Gasteiger partial charge in [-0.25, -0.2) is 0 Å². The van der Waals surface area contributed by atoms with Crippen molar-refractivity contribution in [3.05, 3.63) is 41.6 Å². The van der Waals surface area contributed by atoms with E-state index in [1.807, 2.05) is 37.3 Å². The molecule has 0 aliphatic rings. The topological polar surface area (TPSA) is 51.2 Å². The van der Waals surface area contributed by atoms with Crippen LogP contribution in [0.25, 0.3) is 10.9 Å². The van der Waals surface area contributed by atoms with Gasteiger partial charge in [0.15, 0.2) is 0 Å². The van der Waals surface area contributed by atoms with Crippen LogP contribution in [0.15, 0.2) is 30.3 Å². The Morgan fingerprint density at radius 3 is 2.95 bits per heavy atom. The number of rotatable bonds is 7. The number of nitrogens with zero attached hydrogens (tertiary/aromatic N) is 1. The maximum Gasteiger partial charge on any atom is 0.252 e. The molecule has 0 atom stereocenters. The van der Waals surface area contributed by atoms with Crippen molar-refractivity contribution >= 4 is 28.4 Å². The molecule has 5 heteroatoms. The number of aryl methyl sites for hydroxylation is 1. The van der Waals surface area contributed by atoms with Crippen LogP contribution in [0.1, 0.15) is 22.5 Å². The second kappa shape index (κ2) is 7.96. The third-order valence-electron chi connectivity index (χ3n) is 3.06. The summed E-state index contributed by atoms with van der Waals surface area (Å²) in [6, 6.07) is 9.49. The summed E-state index contributed by atoms with van der Waals surface area (Å²) in [5.41, 5.74) is 2.34. The van der Waals surface area contributed by atoms with Crippen LogP contribution in [0.3, 0.4) is 0 Å². The van der Waals surface area contributed by atoms with Gasteiger partial charge < -0.3 is 10.1 Å². The fraction of sp³-hybridized carbons (Fsp3) is 0.375. The standard InChI is InChI=1S/C16H19ClN2O2/c1-12-11-14(13-5-2-3-6-15(13)19-12)16(20)18-8-4-9-21-10-7-17/h2-3,5-6,11H,4,7-10H2,1H3,(H,18,20). The van der Waals surface area contributed by atoms with E-state index in [0.717, 1.165) is 23.0 Å². The normalized spacial score (nSPS) is 10.8. The van der Waals surface area contributed by atoms with Gasteiger partial charge >= 0.3 is 0 Å². The quantitative estimate of drug-likeness (QED) is 0.632. The SMILES string of the molecule is Cc1cc(C(=O)NCCCOCCCl)c2ccccc2n1. The molecule has 0 radical (unpaired) electrons. The van der Waals surface area contributed by atoms with E-state index >= 15 is 0 Å². The molecule has 2 aromatic rings. The van der Waals surface area contributed by atoms with Gasteiger partial charge in [0.1, 0.15) is 0 Å². The molecule has 4 nitrogen and oxygen atoms in total. The molecule has 0 saturated carbocycles. The van der Waals surface area contributed by atoms with E-state index in [1.54, 1.807) is 0 Å². The summed E-state index contributed by atoms with van der Waals surface area (Å²) >= 11 is 5.51. The lowest BCUT2D eigenvalue weighted by molar-refractivity contribution is 0.0946. The first-order valence-corrected chi connectivity index (χ1v) is 7.54. The van der Waals surface area contributed by atoms with E-state index in [1.165, 1.54) is 0 Å². The molecule has 21 heavy (non-hydrogen) atoms. The molecule has 0 aliphatic carbocycles. The van der Waals surface area contributed by atoms with Gasteiger partial charge in [-0.15, -0.1) is 11.6 Å². The largest absolute Gasteiger partial charge is 0.380 e. The maximum absolute atomic E-state index is 12.3. The third-order valence-corrected chi connectivity index (χ3v) is 3.22. The van der Waals surface area contributed by atoms with Crippen molar-refractivity contribution in [3.8, 4) is 0 Å². The molecular weight excluding hydrogens is 288 g/mol. The smallest absolute Gasteiger partial charge is 0.252 e. The van der Waals surface area contributed by atoms with Crippen molar-refractivity contribution in [2.75, 3.05) is 25.6 Å².